The normalized spacial score (nSPS) is 11.1. The predicted molar refractivity (Wildman–Crippen MR) is 91.6 cm³/mol. The lowest BCUT2D eigenvalue weighted by atomic mass is 10.1. The van der Waals surface area contributed by atoms with Crippen molar-refractivity contribution in [3.63, 3.8) is 0 Å². The van der Waals surface area contributed by atoms with Crippen LogP contribution >= 0.6 is 11.6 Å². The van der Waals surface area contributed by atoms with Crippen molar-refractivity contribution < 1.29 is 13.9 Å². The number of hydrogen-bond donors (Lipinski definition) is 1. The first-order valence-corrected chi connectivity index (χ1v) is 7.97. The van der Waals surface area contributed by atoms with E-state index in [0.717, 1.165) is 0 Å². The molecule has 0 aliphatic heterocycles. The minimum atomic E-state index is -0.616. The lowest BCUT2D eigenvalue weighted by Crippen LogP contribution is -2.14. The van der Waals surface area contributed by atoms with Crippen LogP contribution in [0.3, 0.4) is 0 Å². The third-order valence-electron chi connectivity index (χ3n) is 3.94. The van der Waals surface area contributed by atoms with Crippen LogP contribution in [0, 0.1) is 19.7 Å². The molecular formula is C17H15ClFN3O3. The largest absolute Gasteiger partial charge is 0.462 e. The predicted octanol–water partition coefficient (Wildman–Crippen LogP) is 3.28. The number of esters is 1. The number of halogens is 2. The number of aryl methyl sites for hydroxylation is 2. The van der Waals surface area contributed by atoms with Crippen LogP contribution in [0.2, 0.25) is 5.02 Å². The molecule has 0 radical (unpaired) electrons. The molecule has 0 amide bonds. The fourth-order valence-corrected chi connectivity index (χ4v) is 2.90. The molecule has 3 rings (SSSR count). The molecule has 0 saturated heterocycles. The van der Waals surface area contributed by atoms with Crippen molar-refractivity contribution in [3.05, 3.63) is 56.2 Å². The van der Waals surface area contributed by atoms with E-state index in [2.05, 4.69) is 10.1 Å². The zero-order chi connectivity index (χ0) is 18.3. The number of nitrogens with zero attached hydrogens (tertiary/aromatic N) is 2. The molecule has 0 bridgehead atoms. The molecule has 0 saturated carbocycles. The molecule has 6 nitrogen and oxygen atoms in total. The quantitative estimate of drug-likeness (QED) is 0.724. The summed E-state index contributed by atoms with van der Waals surface area (Å²) in [5.41, 5.74) is 1.45. The Morgan fingerprint density at radius 3 is 2.76 bits per heavy atom. The van der Waals surface area contributed by atoms with Crippen molar-refractivity contribution >= 4 is 23.1 Å². The standard InChI is InChI=1S/C17H15ClFN3O3/c1-4-25-17(24)13-8(2)14-16(23)20-15(21-22(14)9(13)3)10-5-6-11(18)12(19)7-10/h5-7H,4H2,1-3H3,(H,20,21,23). The molecule has 1 aromatic carbocycles. The summed E-state index contributed by atoms with van der Waals surface area (Å²) >= 11 is 5.68. The van der Waals surface area contributed by atoms with Crippen molar-refractivity contribution in [2.75, 3.05) is 6.61 Å². The van der Waals surface area contributed by atoms with Crippen molar-refractivity contribution in [3.8, 4) is 11.4 Å². The maximum atomic E-state index is 13.7. The molecule has 0 fully saturated rings. The molecule has 3 aromatic rings. The average molecular weight is 364 g/mol. The first-order chi connectivity index (χ1) is 11.8. The van der Waals surface area contributed by atoms with Gasteiger partial charge in [-0.15, -0.1) is 5.10 Å². The van der Waals surface area contributed by atoms with Gasteiger partial charge >= 0.3 is 5.97 Å². The van der Waals surface area contributed by atoms with Crippen LogP contribution < -0.4 is 5.56 Å². The van der Waals surface area contributed by atoms with Crippen LogP contribution in [0.4, 0.5) is 4.39 Å². The van der Waals surface area contributed by atoms with E-state index in [9.17, 15) is 14.0 Å². The Morgan fingerprint density at radius 1 is 1.40 bits per heavy atom. The third-order valence-corrected chi connectivity index (χ3v) is 4.25. The summed E-state index contributed by atoms with van der Waals surface area (Å²) in [4.78, 5) is 27.3. The third kappa shape index (κ3) is 2.80. The highest BCUT2D eigenvalue weighted by molar-refractivity contribution is 6.30. The molecule has 2 aromatic heterocycles. The summed E-state index contributed by atoms with van der Waals surface area (Å²) in [6.45, 7) is 5.26. The van der Waals surface area contributed by atoms with E-state index in [0.29, 0.717) is 22.4 Å². The van der Waals surface area contributed by atoms with Gasteiger partial charge in [-0.05, 0) is 44.5 Å². The number of hydrogen-bond acceptors (Lipinski definition) is 4. The zero-order valence-electron chi connectivity index (χ0n) is 13.8. The van der Waals surface area contributed by atoms with E-state index in [1.807, 2.05) is 0 Å². The van der Waals surface area contributed by atoms with Crippen molar-refractivity contribution in [1.29, 1.82) is 0 Å². The van der Waals surface area contributed by atoms with Gasteiger partial charge in [0.05, 0.1) is 22.9 Å². The monoisotopic (exact) mass is 363 g/mol. The summed E-state index contributed by atoms with van der Waals surface area (Å²) in [5, 5.41) is 4.32. The second kappa shape index (κ2) is 6.33. The number of ether oxygens (including phenoxy) is 1. The first kappa shape index (κ1) is 17.2. The Kier molecular flexibility index (Phi) is 4.34. The molecule has 0 unspecified atom stereocenters. The second-order valence-corrected chi connectivity index (χ2v) is 5.91. The Morgan fingerprint density at radius 2 is 2.12 bits per heavy atom. The van der Waals surface area contributed by atoms with Gasteiger partial charge in [0.1, 0.15) is 11.3 Å². The molecule has 0 aliphatic carbocycles. The highest BCUT2D eigenvalue weighted by Crippen LogP contribution is 2.24. The van der Waals surface area contributed by atoms with Gasteiger partial charge < -0.3 is 9.72 Å². The highest BCUT2D eigenvalue weighted by Gasteiger charge is 2.23. The van der Waals surface area contributed by atoms with Crippen LogP contribution in [-0.2, 0) is 4.74 Å². The number of H-pyrrole nitrogens is 1. The summed E-state index contributed by atoms with van der Waals surface area (Å²) in [5.74, 6) is -0.961. The van der Waals surface area contributed by atoms with Gasteiger partial charge in [-0.2, -0.15) is 0 Å². The summed E-state index contributed by atoms with van der Waals surface area (Å²) < 4.78 is 20.1. The van der Waals surface area contributed by atoms with Gasteiger partial charge in [0.25, 0.3) is 5.56 Å². The minimum absolute atomic E-state index is 0.0234. The molecular weight excluding hydrogens is 349 g/mol. The van der Waals surface area contributed by atoms with Gasteiger partial charge in [-0.3, -0.25) is 4.79 Å². The molecule has 8 heteroatoms. The van der Waals surface area contributed by atoms with E-state index < -0.39 is 17.3 Å². The van der Waals surface area contributed by atoms with Crippen LogP contribution in [0.1, 0.15) is 28.5 Å². The van der Waals surface area contributed by atoms with E-state index in [-0.39, 0.29) is 23.0 Å². The Balaban J connectivity index is 2.26. The first-order valence-electron chi connectivity index (χ1n) is 7.59. The number of benzene rings is 1. The molecule has 1 N–H and O–H groups in total. The summed E-state index contributed by atoms with van der Waals surface area (Å²) in [7, 11) is 0. The van der Waals surface area contributed by atoms with E-state index in [1.54, 1.807) is 26.8 Å². The van der Waals surface area contributed by atoms with Crippen LogP contribution in [0.25, 0.3) is 16.9 Å². The number of nitrogens with one attached hydrogen (secondary N) is 1. The molecule has 2 heterocycles. The van der Waals surface area contributed by atoms with Gasteiger partial charge in [0, 0.05) is 5.56 Å². The zero-order valence-corrected chi connectivity index (χ0v) is 14.6. The number of fused-ring (bicyclic) bond motifs is 1. The fraction of sp³-hybridized carbons (Fsp3) is 0.235. The van der Waals surface area contributed by atoms with Crippen LogP contribution in [-0.4, -0.2) is 27.2 Å². The van der Waals surface area contributed by atoms with Crippen molar-refractivity contribution in [2.45, 2.75) is 20.8 Å². The SMILES string of the molecule is CCOC(=O)c1c(C)c2c(=O)[nH]c(-c3ccc(Cl)c(F)c3)nn2c1C. The Bertz CT molecular complexity index is 1060. The lowest BCUT2D eigenvalue weighted by Gasteiger charge is -2.04. The smallest absolute Gasteiger partial charge is 0.340 e. The van der Waals surface area contributed by atoms with Crippen LogP contribution in [0.15, 0.2) is 23.0 Å². The lowest BCUT2D eigenvalue weighted by molar-refractivity contribution is 0.0525. The van der Waals surface area contributed by atoms with Gasteiger partial charge in [0.15, 0.2) is 5.82 Å². The highest BCUT2D eigenvalue weighted by atomic mass is 35.5. The van der Waals surface area contributed by atoms with Crippen LogP contribution in [0.5, 0.6) is 0 Å². The molecule has 0 spiro atoms. The number of aromatic amines is 1. The van der Waals surface area contributed by atoms with Gasteiger partial charge in [0.2, 0.25) is 0 Å². The molecule has 130 valence electrons. The van der Waals surface area contributed by atoms with E-state index in [4.69, 9.17) is 16.3 Å². The summed E-state index contributed by atoms with van der Waals surface area (Å²) in [6, 6.07) is 4.12. The minimum Gasteiger partial charge on any atom is -0.462 e. The fourth-order valence-electron chi connectivity index (χ4n) is 2.78. The van der Waals surface area contributed by atoms with E-state index in [1.165, 1.54) is 16.6 Å². The maximum Gasteiger partial charge on any atom is 0.340 e. The van der Waals surface area contributed by atoms with Gasteiger partial charge in [-0.1, -0.05) is 11.6 Å². The molecule has 0 aliphatic rings. The average Bonchev–Trinajstić information content (AvgIpc) is 2.81. The summed E-state index contributed by atoms with van der Waals surface area (Å²) in [6.07, 6.45) is 0. The number of rotatable bonds is 3. The van der Waals surface area contributed by atoms with Crippen molar-refractivity contribution in [1.82, 2.24) is 14.6 Å². The van der Waals surface area contributed by atoms with Crippen molar-refractivity contribution in [2.24, 2.45) is 0 Å². The molecule has 25 heavy (non-hydrogen) atoms. The number of carbonyl (C=O) groups excluding carboxylic acids is 1. The topological polar surface area (TPSA) is 76.5 Å². The Hall–Kier alpha value is -2.67. The Labute approximate surface area is 147 Å². The second-order valence-electron chi connectivity index (χ2n) is 5.50. The number of aromatic nitrogens is 3. The van der Waals surface area contributed by atoms with Gasteiger partial charge in [-0.25, -0.2) is 13.7 Å². The number of carbonyl (C=O) groups is 1. The van der Waals surface area contributed by atoms with E-state index >= 15 is 0 Å². The molecule has 0 atom stereocenters. The maximum absolute atomic E-state index is 13.7.